The van der Waals surface area contributed by atoms with Crippen molar-refractivity contribution in [3.05, 3.63) is 89.1 Å². The summed E-state index contributed by atoms with van der Waals surface area (Å²) in [6.07, 6.45) is -22.5. The van der Waals surface area contributed by atoms with Crippen LogP contribution >= 0.6 is 0 Å². The first kappa shape index (κ1) is 14.0. The molecule has 1 saturated carbocycles. The Morgan fingerprint density at radius 1 is 1.12 bits per heavy atom. The maximum atomic E-state index is 13.2. The third-order valence-corrected chi connectivity index (χ3v) is 7.38. The second kappa shape index (κ2) is 11.7. The van der Waals surface area contributed by atoms with Gasteiger partial charge in [-0.3, -0.25) is 10.1 Å². The summed E-state index contributed by atoms with van der Waals surface area (Å²) in [5.74, 6) is -2.02. The Hall–Kier alpha value is -4.31. The van der Waals surface area contributed by atoms with Gasteiger partial charge < -0.3 is 14.0 Å². The number of sulfonamides is 1. The minimum atomic E-state index is -4.45. The number of aryl methyl sites for hydroxylation is 2. The number of hydrogen-bond acceptors (Lipinski definition) is 6. The average molecular weight is 593 g/mol. The Bertz CT molecular complexity index is 2400. The van der Waals surface area contributed by atoms with Gasteiger partial charge in [-0.15, -0.1) is 0 Å². The second-order valence-electron chi connectivity index (χ2n) is 8.63. The van der Waals surface area contributed by atoms with E-state index >= 15 is 0 Å². The molecular weight excluding hydrogens is 542 g/mol. The smallest absolute Gasteiger partial charge is 0.411 e. The van der Waals surface area contributed by atoms with E-state index in [0.29, 0.717) is 10.1 Å². The molecule has 0 aliphatic heterocycles. The molecule has 1 aromatic heterocycles. The molecule has 0 saturated heterocycles. The molecule has 0 unspecified atom stereocenters. The van der Waals surface area contributed by atoms with Gasteiger partial charge in [0, 0.05) is 59.5 Å². The first-order chi connectivity index (χ1) is 26.1. The van der Waals surface area contributed by atoms with Crippen molar-refractivity contribution in [1.29, 1.82) is 0 Å². The number of nitrogens with zero attached hydrogens (tertiary/aromatic N) is 1. The molecule has 2 amide bonds. The van der Waals surface area contributed by atoms with Crippen molar-refractivity contribution in [3.63, 3.8) is 0 Å². The lowest BCUT2D eigenvalue weighted by molar-refractivity contribution is 0.0980. The number of carbonyl (C=O) groups is 2. The van der Waals surface area contributed by atoms with Crippen LogP contribution in [-0.2, 0) is 28.1 Å². The number of amides is 2. The number of fused-ring (bicyclic) bond motifs is 1. The Kier molecular flexibility index (Phi) is 3.99. The summed E-state index contributed by atoms with van der Waals surface area (Å²) in [6, 6.07) is 11.6. The lowest BCUT2D eigenvalue weighted by Gasteiger charge is -2.13. The molecule has 1 heterocycles. The highest BCUT2D eigenvalue weighted by molar-refractivity contribution is 7.90. The van der Waals surface area contributed by atoms with Gasteiger partial charge in [0.2, 0.25) is 0 Å². The van der Waals surface area contributed by atoms with Crippen LogP contribution in [-0.4, -0.2) is 38.1 Å². The lowest BCUT2D eigenvalue weighted by Crippen LogP contribution is -2.31. The molecule has 9 nitrogen and oxygen atoms in total. The minimum absolute atomic E-state index is 0.185. The van der Waals surface area contributed by atoms with Gasteiger partial charge in [0.15, 0.2) is 0 Å². The van der Waals surface area contributed by atoms with Crippen molar-refractivity contribution >= 4 is 38.6 Å². The van der Waals surface area contributed by atoms with Crippen LogP contribution in [0.4, 0.5) is 10.5 Å². The van der Waals surface area contributed by atoms with Crippen molar-refractivity contribution < 1.29 is 50.8 Å². The van der Waals surface area contributed by atoms with Gasteiger partial charge in [-0.1, -0.05) is 24.3 Å². The monoisotopic (exact) mass is 592 g/mol. The highest BCUT2D eigenvalue weighted by Crippen LogP contribution is 2.30. The summed E-state index contributed by atoms with van der Waals surface area (Å²) >= 11 is 0. The van der Waals surface area contributed by atoms with Gasteiger partial charge in [-0.25, -0.2) is 17.9 Å². The van der Waals surface area contributed by atoms with Gasteiger partial charge in [0.1, 0.15) is 11.8 Å². The van der Waals surface area contributed by atoms with E-state index in [1.54, 1.807) is 6.07 Å². The van der Waals surface area contributed by atoms with E-state index < -0.39 is 96.4 Å². The van der Waals surface area contributed by atoms with E-state index in [-0.39, 0.29) is 21.5 Å². The maximum Gasteiger partial charge on any atom is 0.411 e. The highest BCUT2D eigenvalue weighted by atomic mass is 32.2. The van der Waals surface area contributed by atoms with E-state index in [1.807, 2.05) is 4.72 Å². The molecule has 41 heavy (non-hydrogen) atoms. The molecule has 4 aromatic rings. The number of anilines is 1. The zero-order valence-electron chi connectivity index (χ0n) is 38.2. The third kappa shape index (κ3) is 6.22. The van der Waals surface area contributed by atoms with E-state index in [4.69, 9.17) is 30.0 Å². The number of methoxy groups -OCH3 is 1. The van der Waals surface area contributed by atoms with Crippen LogP contribution in [0.15, 0.2) is 71.8 Å². The number of carbonyl (C=O) groups excluding carboxylic acids is 2. The molecule has 0 radical (unpaired) electrons. The highest BCUT2D eigenvalue weighted by Gasteiger charge is 2.22. The van der Waals surface area contributed by atoms with E-state index in [0.717, 1.165) is 42.6 Å². The summed E-state index contributed by atoms with van der Waals surface area (Å²) in [5, 5.41) is 1.80. The number of rotatable bonds is 8. The Balaban J connectivity index is 1.57. The minimum Gasteiger partial charge on any atom is -0.496 e. The molecule has 0 atom stereocenters. The molecule has 0 bridgehead atoms. The van der Waals surface area contributed by atoms with Gasteiger partial charge in [0.25, 0.3) is 15.9 Å². The maximum absolute atomic E-state index is 13.2. The van der Waals surface area contributed by atoms with Crippen molar-refractivity contribution in [2.45, 2.75) is 49.8 Å². The quantitative estimate of drug-likeness (QED) is 0.271. The van der Waals surface area contributed by atoms with Crippen LogP contribution in [0.3, 0.4) is 0 Å². The summed E-state index contributed by atoms with van der Waals surface area (Å²) in [4.78, 5) is 26.0. The Labute approximate surface area is 263 Å². The fraction of sp³-hybridized carbons (Fsp3) is 0.290. The van der Waals surface area contributed by atoms with Gasteiger partial charge in [-0.05, 0) is 85.5 Å². The number of ether oxygens (including phenoxy) is 2. The molecule has 10 heteroatoms. The van der Waals surface area contributed by atoms with Crippen LogP contribution < -0.4 is 14.8 Å². The van der Waals surface area contributed by atoms with Crippen molar-refractivity contribution in [2.75, 3.05) is 12.4 Å². The second-order valence-corrected chi connectivity index (χ2v) is 10.3. The van der Waals surface area contributed by atoms with Crippen molar-refractivity contribution in [1.82, 2.24) is 9.29 Å². The predicted molar refractivity (Wildman–Crippen MR) is 157 cm³/mol. The zero-order valence-corrected chi connectivity index (χ0v) is 22.0. The zero-order chi connectivity index (χ0) is 44.0. The van der Waals surface area contributed by atoms with Gasteiger partial charge in [-0.2, -0.15) is 0 Å². The van der Waals surface area contributed by atoms with Crippen LogP contribution in [0.1, 0.15) is 75.8 Å². The molecular formula is C31H33N3O6S. The fourth-order valence-electron chi connectivity index (χ4n) is 3.99. The van der Waals surface area contributed by atoms with E-state index in [9.17, 15) is 20.7 Å². The predicted octanol–water partition coefficient (Wildman–Crippen LogP) is 5.70. The fourth-order valence-corrected chi connectivity index (χ4v) is 5.21. The summed E-state index contributed by atoms with van der Waals surface area (Å²) in [6.45, 7) is -1.49. The molecule has 0 spiro atoms. The van der Waals surface area contributed by atoms with Gasteiger partial charge >= 0.3 is 6.09 Å². The molecule has 1 aliphatic rings. The molecule has 214 valence electrons. The van der Waals surface area contributed by atoms with Crippen LogP contribution in [0.25, 0.3) is 10.9 Å². The first-order valence-electron chi connectivity index (χ1n) is 20.3. The summed E-state index contributed by atoms with van der Waals surface area (Å²) in [7, 11) is -7.72. The number of nitrogens with one attached hydrogen (secondary N) is 2. The lowest BCUT2D eigenvalue weighted by atomic mass is 10.0. The summed E-state index contributed by atoms with van der Waals surface area (Å²) in [5.41, 5.74) is -1.79. The topological polar surface area (TPSA) is 116 Å². The average Bonchev–Trinajstić information content (AvgIpc) is 3.49. The Morgan fingerprint density at radius 3 is 2.68 bits per heavy atom. The summed E-state index contributed by atoms with van der Waals surface area (Å²) < 4.78 is 176. The first-order valence-corrected chi connectivity index (χ1v) is 13.2. The number of aromatic nitrogens is 1. The standard InChI is InChI=1S/C31H33N3O6S/c1-20-8-4-7-11-29(20)41(37,38)33-30(35)22-13-12-21(28(17-22)39-3)16-23-19-34(2)27-15-14-24(18-26(23)27)32-31(36)40-25-9-5-6-10-25/h4,7-8,11-15,17-19,25H,5-6,9-10,16H2,1-3H3,(H,32,36)(H,33,35)/i2D3,3D3,5D2,6D2,9D2,10D2,16D2,25D. The largest absolute Gasteiger partial charge is 0.496 e. The normalized spacial score (nSPS) is 26.5. The number of hydrogen-bond donors (Lipinski definition) is 2. The third-order valence-electron chi connectivity index (χ3n) is 5.89. The van der Waals surface area contributed by atoms with E-state index in [1.165, 1.54) is 25.1 Å². The van der Waals surface area contributed by atoms with Crippen LogP contribution in [0.2, 0.25) is 0 Å². The number of benzene rings is 3. The van der Waals surface area contributed by atoms with Crippen LogP contribution in [0.5, 0.6) is 5.75 Å². The van der Waals surface area contributed by atoms with Crippen LogP contribution in [0, 0.1) is 6.92 Å². The van der Waals surface area contributed by atoms with Gasteiger partial charge in [0.05, 0.1) is 17.4 Å². The SMILES string of the molecule is [2H]C([2H])([2H])Oc1cc(C(=O)NS(=O)(=O)c2ccccc2C)ccc1C([2H])([2H])c1cn(C([2H])([2H])[2H])c2ccc(NC(=O)OC3([2H])C([2H])([2H])C([2H])([2H])C([2H])([2H])C3([2H])[2H])cc12. The molecule has 1 aliphatic carbocycles. The molecule has 3 aromatic carbocycles. The molecule has 5 rings (SSSR count). The molecule has 2 N–H and O–H groups in total. The van der Waals surface area contributed by atoms with Crippen molar-refractivity contribution in [2.24, 2.45) is 6.98 Å². The Morgan fingerprint density at radius 2 is 1.93 bits per heavy atom. The van der Waals surface area contributed by atoms with E-state index in [2.05, 4.69) is 5.32 Å². The molecule has 1 fully saturated rings. The van der Waals surface area contributed by atoms with Crippen molar-refractivity contribution in [3.8, 4) is 5.75 Å².